The van der Waals surface area contributed by atoms with Crippen molar-refractivity contribution in [1.82, 2.24) is 0 Å². The van der Waals surface area contributed by atoms with Crippen molar-refractivity contribution in [3.63, 3.8) is 0 Å². The van der Waals surface area contributed by atoms with Crippen LogP contribution in [0.1, 0.15) is 19.3 Å². The molecule has 0 bridgehead atoms. The van der Waals surface area contributed by atoms with Crippen LogP contribution in [0.5, 0.6) is 0 Å². The van der Waals surface area contributed by atoms with Gasteiger partial charge in [0.05, 0.1) is 21.1 Å². The van der Waals surface area contributed by atoms with Crippen molar-refractivity contribution >= 4 is 36.5 Å². The predicted molar refractivity (Wildman–Crippen MR) is 109 cm³/mol. The topological polar surface area (TPSA) is 220 Å². The summed E-state index contributed by atoms with van der Waals surface area (Å²) in [6.45, 7) is 0.779. The molecule has 0 aliphatic heterocycles. The number of aliphatic imine (C=N–C) groups is 1. The van der Waals surface area contributed by atoms with Gasteiger partial charge in [-0.2, -0.15) is 12.6 Å². The lowest BCUT2D eigenvalue weighted by molar-refractivity contribution is -0.873. The van der Waals surface area contributed by atoms with Crippen molar-refractivity contribution in [3.8, 4) is 0 Å². The molecule has 170 valence electrons. The average molecular weight is 439 g/mol. The van der Waals surface area contributed by atoms with Crippen molar-refractivity contribution in [3.05, 3.63) is 0 Å². The molecule has 12 nitrogen and oxygen atoms in total. The van der Waals surface area contributed by atoms with Crippen LogP contribution in [0.2, 0.25) is 0 Å². The first-order valence-electron chi connectivity index (χ1n) is 8.80. The number of carboxylic acids is 1. The Morgan fingerprint density at radius 2 is 1.66 bits per heavy atom. The summed E-state index contributed by atoms with van der Waals surface area (Å²) in [7, 11) is 5.66. The lowest BCUT2D eigenvalue weighted by atomic mass is 10.2. The van der Waals surface area contributed by atoms with E-state index in [9.17, 15) is 19.5 Å². The highest BCUT2D eigenvalue weighted by Crippen LogP contribution is 2.00. The number of carbonyl (C=O) groups is 3. The van der Waals surface area contributed by atoms with Gasteiger partial charge in [0, 0.05) is 24.7 Å². The quantitative estimate of drug-likeness (QED) is 0.0348. The molecule has 0 saturated heterocycles. The first kappa shape index (κ1) is 29.3. The smallest absolute Gasteiger partial charge is 0.331 e. The van der Waals surface area contributed by atoms with Crippen LogP contribution in [0, 0.1) is 0 Å². The van der Waals surface area contributed by atoms with Crippen LogP contribution in [-0.4, -0.2) is 91.6 Å². The van der Waals surface area contributed by atoms with Crippen molar-refractivity contribution < 1.29 is 33.8 Å². The van der Waals surface area contributed by atoms with Crippen molar-refractivity contribution in [2.45, 2.75) is 37.5 Å². The number of thiol groups is 1. The first-order chi connectivity index (χ1) is 13.2. The van der Waals surface area contributed by atoms with Crippen LogP contribution in [0.25, 0.3) is 0 Å². The standard InChI is InChI=1S/C9H19N5O3S.C7H15NO3/c10-5(2-1-3-14-9(12)13)7(15)17-8(16)6(11)4-18;1-8(2,3)5-6(9)4-7(10)11/h5-6,18H,1-4,10-11H2,(H4,12,13,14);6,9H,4-5H2,1-3H3/t5-,6-;/m0./s1. The van der Waals surface area contributed by atoms with E-state index in [0.29, 0.717) is 30.4 Å². The Labute approximate surface area is 176 Å². The molecule has 0 fully saturated rings. The number of aliphatic hydroxyl groups is 1. The number of ether oxygens (including phenoxy) is 1. The number of nitrogens with two attached hydrogens (primary N) is 4. The molecule has 9 N–H and O–H groups in total. The minimum Gasteiger partial charge on any atom is -0.550 e. The summed E-state index contributed by atoms with van der Waals surface area (Å²) < 4.78 is 5.03. The van der Waals surface area contributed by atoms with Crippen LogP contribution in [0.4, 0.5) is 0 Å². The minimum atomic E-state index is -1.20. The normalized spacial score (nSPS) is 13.9. The molecule has 0 aliphatic carbocycles. The molecule has 0 radical (unpaired) electrons. The fraction of sp³-hybridized carbons (Fsp3) is 0.750. The molecule has 0 heterocycles. The number of esters is 2. The van der Waals surface area contributed by atoms with E-state index >= 15 is 0 Å². The maximum Gasteiger partial charge on any atom is 0.331 e. The second-order valence-electron chi connectivity index (χ2n) is 7.29. The summed E-state index contributed by atoms with van der Waals surface area (Å²) in [6.07, 6.45) is -0.282. The molecule has 3 atom stereocenters. The third kappa shape index (κ3) is 19.2. The highest BCUT2D eigenvalue weighted by atomic mass is 32.1. The third-order valence-corrected chi connectivity index (χ3v) is 3.53. The predicted octanol–water partition coefficient (Wildman–Crippen LogP) is -4.11. The van der Waals surface area contributed by atoms with Crippen LogP contribution in [0.15, 0.2) is 4.99 Å². The van der Waals surface area contributed by atoms with E-state index in [4.69, 9.17) is 28.0 Å². The number of quaternary nitrogens is 1. The van der Waals surface area contributed by atoms with Gasteiger partial charge in [-0.1, -0.05) is 0 Å². The largest absolute Gasteiger partial charge is 0.550 e. The molecule has 1 unspecified atom stereocenters. The maximum absolute atomic E-state index is 11.4. The highest BCUT2D eigenvalue weighted by molar-refractivity contribution is 7.80. The number of guanidine groups is 1. The number of carboxylic acid groups (broad SMARTS) is 1. The zero-order valence-corrected chi connectivity index (χ0v) is 18.0. The molecular weight excluding hydrogens is 404 g/mol. The number of hydrogen-bond acceptors (Lipinski definition) is 10. The van der Waals surface area contributed by atoms with Gasteiger partial charge in [0.15, 0.2) is 5.96 Å². The summed E-state index contributed by atoms with van der Waals surface area (Å²) in [4.78, 5) is 36.3. The molecule has 0 aliphatic rings. The van der Waals surface area contributed by atoms with Gasteiger partial charge < -0.3 is 47.2 Å². The van der Waals surface area contributed by atoms with Gasteiger partial charge in [-0.3, -0.25) is 4.99 Å². The van der Waals surface area contributed by atoms with Crippen molar-refractivity contribution in [1.29, 1.82) is 0 Å². The lowest BCUT2D eigenvalue weighted by Gasteiger charge is -2.26. The van der Waals surface area contributed by atoms with E-state index in [1.807, 2.05) is 21.1 Å². The number of nitrogens with zero attached hydrogens (tertiary/aromatic N) is 2. The fourth-order valence-corrected chi connectivity index (χ4v) is 2.00. The Hall–Kier alpha value is -1.93. The van der Waals surface area contributed by atoms with Gasteiger partial charge in [-0.05, 0) is 12.8 Å². The Morgan fingerprint density at radius 1 is 1.14 bits per heavy atom. The van der Waals surface area contributed by atoms with Gasteiger partial charge >= 0.3 is 11.9 Å². The van der Waals surface area contributed by atoms with E-state index in [1.54, 1.807) is 0 Å². The number of carbonyl (C=O) groups excluding carboxylic acids is 3. The Bertz CT molecular complexity index is 551. The fourth-order valence-electron chi connectivity index (χ4n) is 1.85. The zero-order valence-electron chi connectivity index (χ0n) is 17.1. The third-order valence-electron chi connectivity index (χ3n) is 3.13. The van der Waals surface area contributed by atoms with Crippen LogP contribution in [0.3, 0.4) is 0 Å². The molecule has 29 heavy (non-hydrogen) atoms. The van der Waals surface area contributed by atoms with Gasteiger partial charge in [-0.15, -0.1) is 0 Å². The summed E-state index contributed by atoms with van der Waals surface area (Å²) >= 11 is 3.81. The molecule has 0 amide bonds. The van der Waals surface area contributed by atoms with Gasteiger partial charge in [-0.25, -0.2) is 9.59 Å². The van der Waals surface area contributed by atoms with Gasteiger partial charge in [0.1, 0.15) is 24.7 Å². The lowest BCUT2D eigenvalue weighted by Crippen LogP contribution is -2.43. The van der Waals surface area contributed by atoms with Gasteiger partial charge in [0.25, 0.3) is 0 Å². The molecule has 0 saturated carbocycles. The average Bonchev–Trinajstić information content (AvgIpc) is 2.55. The second-order valence-corrected chi connectivity index (χ2v) is 7.65. The number of rotatable bonds is 11. The van der Waals surface area contributed by atoms with E-state index in [1.165, 1.54) is 0 Å². The zero-order chi connectivity index (χ0) is 23.2. The van der Waals surface area contributed by atoms with Gasteiger partial charge in [0.2, 0.25) is 0 Å². The Balaban J connectivity index is 0. The van der Waals surface area contributed by atoms with E-state index in [0.717, 1.165) is 0 Å². The number of aliphatic carboxylic acids is 1. The number of hydrogen-bond donors (Lipinski definition) is 6. The summed E-state index contributed by atoms with van der Waals surface area (Å²) in [5, 5.41) is 19.1. The molecule has 0 spiro atoms. The Morgan fingerprint density at radius 3 is 2.07 bits per heavy atom. The molecule has 0 aromatic carbocycles. The summed E-state index contributed by atoms with van der Waals surface area (Å²) in [5.74, 6) is -2.80. The second kappa shape index (κ2) is 15.0. The van der Waals surface area contributed by atoms with Crippen molar-refractivity contribution in [2.75, 3.05) is 40.0 Å². The first-order valence-corrected chi connectivity index (χ1v) is 9.44. The monoisotopic (exact) mass is 438 g/mol. The molecule has 13 heteroatoms. The maximum atomic E-state index is 11.4. The summed E-state index contributed by atoms with van der Waals surface area (Å²) in [6, 6.07) is -1.85. The van der Waals surface area contributed by atoms with Crippen molar-refractivity contribution in [2.24, 2.45) is 27.9 Å². The number of likely N-dealkylation sites (N-methyl/N-ethyl adjacent to an activating group) is 1. The van der Waals surface area contributed by atoms with E-state index in [2.05, 4.69) is 22.4 Å². The number of aliphatic hydroxyl groups excluding tert-OH is 1. The summed E-state index contributed by atoms with van der Waals surface area (Å²) in [5.41, 5.74) is 21.1. The molecule has 0 rings (SSSR count). The van der Waals surface area contributed by atoms with E-state index < -0.39 is 36.1 Å². The highest BCUT2D eigenvalue weighted by Gasteiger charge is 2.22. The molecular formula is C16H34N6O6S. The van der Waals surface area contributed by atoms with E-state index in [-0.39, 0.29) is 18.1 Å². The SMILES string of the molecule is C[N+](C)(C)CC(O)CC(=O)[O-].NC(N)=NCCC[C@H](N)C(=O)OC(=O)[C@@H](N)CS. The van der Waals surface area contributed by atoms with Crippen LogP contribution >= 0.6 is 12.6 Å². The van der Waals surface area contributed by atoms with Crippen LogP contribution in [-0.2, 0) is 19.1 Å². The minimum absolute atomic E-state index is 0.0268. The Kier molecular flexibility index (Phi) is 15.1. The molecule has 0 aromatic heterocycles. The molecule has 0 aromatic rings. The van der Waals surface area contributed by atoms with Crippen LogP contribution < -0.4 is 28.0 Å².